The third-order valence-corrected chi connectivity index (χ3v) is 5.48. The minimum absolute atomic E-state index is 0.339. The minimum Gasteiger partial charge on any atom is -0.295 e. The molecule has 0 aromatic carbocycles. The second-order valence-electron chi connectivity index (χ2n) is 6.33. The highest BCUT2D eigenvalue weighted by Gasteiger charge is 2.39. The monoisotopic (exact) mass is 240 g/mol. The number of allylic oxidation sites excluding steroid dienone is 6. The lowest BCUT2D eigenvalue weighted by atomic mass is 9.66. The van der Waals surface area contributed by atoms with E-state index in [4.69, 9.17) is 0 Å². The van der Waals surface area contributed by atoms with Gasteiger partial charge in [-0.25, -0.2) is 0 Å². The Morgan fingerprint density at radius 2 is 2.00 bits per heavy atom. The van der Waals surface area contributed by atoms with E-state index in [9.17, 15) is 4.79 Å². The lowest BCUT2D eigenvalue weighted by molar-refractivity contribution is -0.114. The molecule has 0 unspecified atom stereocenters. The fraction of sp³-hybridized carbons (Fsp3) is 0.588. The number of hydrogen-bond donors (Lipinski definition) is 0. The Labute approximate surface area is 109 Å². The Kier molecular flexibility index (Phi) is 2.36. The van der Waals surface area contributed by atoms with Gasteiger partial charge in [0.15, 0.2) is 5.78 Å². The van der Waals surface area contributed by atoms with E-state index >= 15 is 0 Å². The van der Waals surface area contributed by atoms with Gasteiger partial charge in [-0.15, -0.1) is 0 Å². The number of carbonyl (C=O) groups excluding carboxylic acids is 1. The summed E-state index contributed by atoms with van der Waals surface area (Å²) in [6.45, 7) is 0. The molecule has 1 saturated carbocycles. The highest BCUT2D eigenvalue weighted by atomic mass is 16.1. The van der Waals surface area contributed by atoms with Crippen LogP contribution in [0.15, 0.2) is 34.9 Å². The molecule has 0 aromatic heterocycles. The summed E-state index contributed by atoms with van der Waals surface area (Å²) in [5.41, 5.74) is 4.49. The van der Waals surface area contributed by atoms with Crippen molar-refractivity contribution in [2.24, 2.45) is 17.8 Å². The van der Waals surface area contributed by atoms with E-state index in [1.807, 2.05) is 6.08 Å². The second kappa shape index (κ2) is 3.94. The van der Waals surface area contributed by atoms with E-state index in [0.29, 0.717) is 5.78 Å². The Bertz CT molecular complexity index is 492. The maximum Gasteiger partial charge on any atom is 0.156 e. The van der Waals surface area contributed by atoms with Crippen molar-refractivity contribution in [2.75, 3.05) is 0 Å². The average molecular weight is 240 g/mol. The molecule has 0 heterocycles. The van der Waals surface area contributed by atoms with Crippen LogP contribution in [0.2, 0.25) is 0 Å². The second-order valence-corrected chi connectivity index (χ2v) is 6.33. The van der Waals surface area contributed by atoms with E-state index in [1.54, 1.807) is 5.57 Å². The molecule has 0 radical (unpaired) electrons. The molecule has 0 spiro atoms. The van der Waals surface area contributed by atoms with E-state index in [0.717, 1.165) is 37.0 Å². The topological polar surface area (TPSA) is 17.1 Å². The van der Waals surface area contributed by atoms with Crippen LogP contribution in [0, 0.1) is 17.8 Å². The summed E-state index contributed by atoms with van der Waals surface area (Å²) in [7, 11) is 0. The van der Waals surface area contributed by atoms with Crippen LogP contribution in [0.4, 0.5) is 0 Å². The van der Waals surface area contributed by atoms with E-state index in [2.05, 4.69) is 12.2 Å². The third kappa shape index (κ3) is 1.49. The van der Waals surface area contributed by atoms with Crippen LogP contribution < -0.4 is 0 Å². The van der Waals surface area contributed by atoms with Crippen LogP contribution in [0.3, 0.4) is 0 Å². The first-order valence-corrected chi connectivity index (χ1v) is 7.48. The van der Waals surface area contributed by atoms with Crippen LogP contribution in [-0.2, 0) is 4.79 Å². The maximum absolute atomic E-state index is 11.5. The first kappa shape index (κ1) is 10.8. The zero-order chi connectivity index (χ0) is 12.1. The number of fused-ring (bicyclic) bond motifs is 4. The molecule has 4 rings (SSSR count). The van der Waals surface area contributed by atoms with Gasteiger partial charge in [-0.3, -0.25) is 4.79 Å². The molecule has 4 aliphatic rings. The molecule has 18 heavy (non-hydrogen) atoms. The van der Waals surface area contributed by atoms with Crippen LogP contribution in [-0.4, -0.2) is 5.78 Å². The summed E-state index contributed by atoms with van der Waals surface area (Å²) in [4.78, 5) is 11.5. The average Bonchev–Trinajstić information content (AvgIpc) is 2.86. The first-order valence-electron chi connectivity index (χ1n) is 7.48. The van der Waals surface area contributed by atoms with Gasteiger partial charge in [0.05, 0.1) is 0 Å². The third-order valence-electron chi connectivity index (χ3n) is 5.48. The van der Waals surface area contributed by atoms with Gasteiger partial charge in [-0.05, 0) is 72.7 Å². The molecule has 0 N–H and O–H groups in total. The molecule has 1 fully saturated rings. The fourth-order valence-corrected chi connectivity index (χ4v) is 4.66. The fourth-order valence-electron chi connectivity index (χ4n) is 4.66. The molecule has 0 bridgehead atoms. The summed E-state index contributed by atoms with van der Waals surface area (Å²) < 4.78 is 0. The zero-order valence-corrected chi connectivity index (χ0v) is 10.8. The summed E-state index contributed by atoms with van der Waals surface area (Å²) in [5, 5.41) is 0. The van der Waals surface area contributed by atoms with Gasteiger partial charge in [0.1, 0.15) is 0 Å². The number of hydrogen-bond acceptors (Lipinski definition) is 1. The van der Waals surface area contributed by atoms with Crippen molar-refractivity contribution >= 4 is 5.78 Å². The van der Waals surface area contributed by atoms with Crippen molar-refractivity contribution in [3.63, 3.8) is 0 Å². The summed E-state index contributed by atoms with van der Waals surface area (Å²) >= 11 is 0. The van der Waals surface area contributed by atoms with Crippen molar-refractivity contribution in [1.82, 2.24) is 0 Å². The van der Waals surface area contributed by atoms with E-state index in [1.165, 1.54) is 36.8 Å². The Morgan fingerprint density at radius 3 is 2.94 bits per heavy atom. The first-order chi connectivity index (χ1) is 8.83. The van der Waals surface area contributed by atoms with Gasteiger partial charge >= 0.3 is 0 Å². The smallest absolute Gasteiger partial charge is 0.156 e. The normalized spacial score (nSPS) is 38.1. The summed E-state index contributed by atoms with van der Waals surface area (Å²) in [6, 6.07) is 0. The maximum atomic E-state index is 11.5. The van der Waals surface area contributed by atoms with Gasteiger partial charge in [0.25, 0.3) is 0 Å². The van der Waals surface area contributed by atoms with E-state index in [-0.39, 0.29) is 0 Å². The lowest BCUT2D eigenvalue weighted by Gasteiger charge is -2.38. The zero-order valence-electron chi connectivity index (χ0n) is 10.8. The summed E-state index contributed by atoms with van der Waals surface area (Å²) in [5.74, 6) is 2.92. The highest BCUT2D eigenvalue weighted by molar-refractivity contribution is 5.93. The predicted molar refractivity (Wildman–Crippen MR) is 72.0 cm³/mol. The Hall–Kier alpha value is -1.11. The van der Waals surface area contributed by atoms with Gasteiger partial charge in [-0.2, -0.15) is 0 Å². The number of carbonyl (C=O) groups is 1. The van der Waals surface area contributed by atoms with Crippen molar-refractivity contribution < 1.29 is 4.79 Å². The molecule has 0 amide bonds. The molecular formula is C17H20O. The van der Waals surface area contributed by atoms with Crippen molar-refractivity contribution in [3.05, 3.63) is 34.9 Å². The molecule has 4 aliphatic carbocycles. The molecule has 0 aliphatic heterocycles. The molecule has 1 heteroatoms. The quantitative estimate of drug-likeness (QED) is 0.626. The lowest BCUT2D eigenvalue weighted by Crippen LogP contribution is -2.28. The van der Waals surface area contributed by atoms with Crippen LogP contribution in [0.25, 0.3) is 0 Å². The van der Waals surface area contributed by atoms with E-state index < -0.39 is 0 Å². The van der Waals surface area contributed by atoms with Gasteiger partial charge in [0, 0.05) is 6.42 Å². The SMILES string of the molecule is O=C1C=C2CC[C@H]3C(=C2CC1)C=C[C@@H]1CCC[C@H]13. The van der Waals surface area contributed by atoms with Gasteiger partial charge < -0.3 is 0 Å². The minimum atomic E-state index is 0.339. The number of ketones is 1. The van der Waals surface area contributed by atoms with Crippen LogP contribution in [0.5, 0.6) is 0 Å². The highest BCUT2D eigenvalue weighted by Crippen LogP contribution is 2.51. The van der Waals surface area contributed by atoms with Gasteiger partial charge in [-0.1, -0.05) is 18.6 Å². The molecular weight excluding hydrogens is 220 g/mol. The standard InChI is InChI=1S/C17H20O/c18-13-6-9-15-12(10-13)5-8-16-14-3-1-2-11(14)4-7-17(15)16/h4,7,10-11,14,16H,1-3,5-6,8-9H2/t11-,14+,16+/m0/s1. The molecule has 1 nitrogen and oxygen atoms in total. The van der Waals surface area contributed by atoms with Crippen molar-refractivity contribution in [2.45, 2.75) is 44.9 Å². The Balaban J connectivity index is 1.80. The molecule has 0 aromatic rings. The largest absolute Gasteiger partial charge is 0.295 e. The molecule has 3 atom stereocenters. The van der Waals surface area contributed by atoms with Gasteiger partial charge in [0.2, 0.25) is 0 Å². The van der Waals surface area contributed by atoms with Crippen molar-refractivity contribution in [3.8, 4) is 0 Å². The van der Waals surface area contributed by atoms with Crippen LogP contribution in [0.1, 0.15) is 44.9 Å². The molecule has 0 saturated heterocycles. The predicted octanol–water partition coefficient (Wildman–Crippen LogP) is 3.97. The van der Waals surface area contributed by atoms with Crippen LogP contribution >= 0.6 is 0 Å². The Morgan fingerprint density at radius 1 is 1.06 bits per heavy atom. The van der Waals surface area contributed by atoms with Crippen molar-refractivity contribution in [1.29, 1.82) is 0 Å². The number of rotatable bonds is 0. The molecule has 94 valence electrons. The summed E-state index contributed by atoms with van der Waals surface area (Å²) in [6.07, 6.45) is 15.2.